The Labute approximate surface area is 221 Å². The molecule has 33 heavy (non-hydrogen) atoms. The topological polar surface area (TPSA) is 112 Å². The van der Waals surface area contributed by atoms with E-state index in [1.54, 1.807) is 60.2 Å². The summed E-state index contributed by atoms with van der Waals surface area (Å²) in [5, 5.41) is 21.3. The zero-order valence-corrected chi connectivity index (χ0v) is 23.6. The van der Waals surface area contributed by atoms with E-state index in [9.17, 15) is 9.59 Å². The summed E-state index contributed by atoms with van der Waals surface area (Å²) in [5.74, 6) is 0. The normalized spacial score (nSPS) is 8.67. The maximum Gasteiger partial charge on any atom is 0.409 e. The molecule has 0 radical (unpaired) electrons. The van der Waals surface area contributed by atoms with Crippen molar-refractivity contribution in [1.29, 1.82) is 0 Å². The molecule has 0 saturated heterocycles. The number of thioether (sulfide) groups is 2. The molecule has 2 aromatic carbocycles. The van der Waals surface area contributed by atoms with Gasteiger partial charge < -0.3 is 15.2 Å². The molecule has 0 saturated carbocycles. The number of amides is 2. The molecule has 0 spiro atoms. The van der Waals surface area contributed by atoms with Crippen LogP contribution in [0.2, 0.25) is 0 Å². The third-order valence-electron chi connectivity index (χ3n) is 3.41. The molecule has 0 atom stereocenters. The van der Waals surface area contributed by atoms with Gasteiger partial charge >= 0.3 is 12.2 Å². The maximum atomic E-state index is 10.2. The van der Waals surface area contributed by atoms with E-state index in [1.807, 2.05) is 48.9 Å². The van der Waals surface area contributed by atoms with Crippen molar-refractivity contribution in [2.45, 2.75) is 9.79 Å². The first kappa shape index (κ1) is 32.8. The minimum absolute atomic E-state index is 0. The average Bonchev–Trinajstić information content (AvgIpc) is 2.75. The molecule has 0 aliphatic heterocycles. The number of rotatable bonds is 4. The Balaban J connectivity index is 0. The van der Waals surface area contributed by atoms with E-state index >= 15 is 0 Å². The molecule has 174 valence electrons. The fourth-order valence-electron chi connectivity index (χ4n) is 1.99. The van der Waals surface area contributed by atoms with E-state index in [0.29, 0.717) is 11.4 Å². The summed E-state index contributed by atoms with van der Waals surface area (Å²) in [6.45, 7) is 3.66. The molecular weight excluding hydrogens is 535 g/mol. The third kappa shape index (κ3) is 16.0. The Morgan fingerprint density at radius 1 is 0.818 bits per heavy atom. The van der Waals surface area contributed by atoms with Gasteiger partial charge in [-0.1, -0.05) is 6.20 Å². The number of nitrogens with zero attached hydrogens (tertiary/aromatic N) is 1. The van der Waals surface area contributed by atoms with Crippen LogP contribution in [0.5, 0.6) is 0 Å². The summed E-state index contributed by atoms with van der Waals surface area (Å²) in [6, 6.07) is 18.2. The second-order valence-corrected chi connectivity index (χ2v) is 7.44. The summed E-state index contributed by atoms with van der Waals surface area (Å²) in [5.41, 5.74) is 2.16. The Kier molecular flexibility index (Phi) is 19.0. The van der Waals surface area contributed by atoms with Crippen molar-refractivity contribution in [3.8, 4) is 0 Å². The van der Waals surface area contributed by atoms with Crippen LogP contribution in [-0.4, -0.2) is 39.9 Å². The van der Waals surface area contributed by atoms with Gasteiger partial charge in [-0.15, -0.1) is 42.0 Å². The molecule has 0 bridgehead atoms. The van der Waals surface area contributed by atoms with Crippen molar-refractivity contribution in [1.82, 2.24) is 4.98 Å². The second-order valence-electron chi connectivity index (χ2n) is 5.68. The Morgan fingerprint density at radius 3 is 1.42 bits per heavy atom. The number of anilines is 2. The number of aromatic nitrogens is 1. The number of benzene rings is 2. The van der Waals surface area contributed by atoms with Gasteiger partial charge in [-0.05, 0) is 67.2 Å². The molecule has 0 fully saturated rings. The van der Waals surface area contributed by atoms with Crippen LogP contribution in [0.25, 0.3) is 0 Å². The minimum Gasteiger partial charge on any atom is -0.465 e. The van der Waals surface area contributed by atoms with Gasteiger partial charge in [0.15, 0.2) is 0 Å². The zero-order chi connectivity index (χ0) is 23.1. The van der Waals surface area contributed by atoms with Crippen LogP contribution in [0.4, 0.5) is 21.0 Å². The summed E-state index contributed by atoms with van der Waals surface area (Å²) in [7, 11) is 0. The molecule has 3 aromatic rings. The molecule has 1 heterocycles. The van der Waals surface area contributed by atoms with E-state index in [2.05, 4.69) is 22.5 Å². The number of hydrogen-bond donors (Lipinski definition) is 4. The van der Waals surface area contributed by atoms with Gasteiger partial charge in [-0.2, -0.15) is 18.6 Å². The predicted octanol–water partition coefficient (Wildman–Crippen LogP) is 6.68. The van der Waals surface area contributed by atoms with Gasteiger partial charge in [-0.3, -0.25) is 10.6 Å². The van der Waals surface area contributed by atoms with Crippen LogP contribution in [0.1, 0.15) is 5.56 Å². The molecule has 0 aliphatic carbocycles. The average molecular weight is 560 g/mol. The fraction of sp³-hybridized carbons (Fsp3) is 0.0909. The molecule has 0 unspecified atom stereocenters. The SMILES string of the molecule is CSc1ccc(NC(=O)O)cc1.CSc1ccc(NC(=O)O)cc1.Cl.[CH2-]c1cccnc1.[Zn]. The van der Waals surface area contributed by atoms with Crippen molar-refractivity contribution in [3.63, 3.8) is 0 Å². The summed E-state index contributed by atoms with van der Waals surface area (Å²) in [6.07, 6.45) is 5.33. The third-order valence-corrected chi connectivity index (χ3v) is 4.89. The number of carbonyl (C=O) groups is 2. The second kappa shape index (κ2) is 19.1. The van der Waals surface area contributed by atoms with Gasteiger partial charge in [0.05, 0.1) is 0 Å². The number of halogens is 1. The standard InChI is InChI=1S/2C8H9NO2S.C6H6N.ClH.Zn/c2*1-12-7-4-2-6(3-5-7)9-8(10)11;1-6-3-2-4-7-5-6;;/h2*2-5,9H,1H3,(H,10,11);2-5H,1H2;1H;/q;;-1;;. The van der Waals surface area contributed by atoms with Crippen LogP contribution in [0, 0.1) is 6.92 Å². The Morgan fingerprint density at radius 2 is 1.21 bits per heavy atom. The van der Waals surface area contributed by atoms with Gasteiger partial charge in [0.2, 0.25) is 0 Å². The first-order valence-electron chi connectivity index (χ1n) is 8.84. The number of hydrogen-bond acceptors (Lipinski definition) is 5. The molecule has 1 aromatic heterocycles. The van der Waals surface area contributed by atoms with Crippen LogP contribution in [0.15, 0.2) is 82.8 Å². The number of nitrogens with one attached hydrogen (secondary N) is 2. The van der Waals surface area contributed by atoms with Gasteiger partial charge in [0, 0.05) is 40.6 Å². The maximum absolute atomic E-state index is 10.2. The first-order chi connectivity index (χ1) is 14.8. The van der Waals surface area contributed by atoms with Crippen LogP contribution in [0.3, 0.4) is 0 Å². The largest absolute Gasteiger partial charge is 0.465 e. The minimum atomic E-state index is -1.04. The molecule has 0 aliphatic rings. The van der Waals surface area contributed by atoms with E-state index in [0.717, 1.165) is 15.4 Å². The van der Waals surface area contributed by atoms with Gasteiger partial charge in [-0.25, -0.2) is 9.59 Å². The molecule has 4 N–H and O–H groups in total. The van der Waals surface area contributed by atoms with Gasteiger partial charge in [0.1, 0.15) is 0 Å². The monoisotopic (exact) mass is 558 g/mol. The predicted molar refractivity (Wildman–Crippen MR) is 136 cm³/mol. The van der Waals surface area contributed by atoms with Crippen molar-refractivity contribution in [3.05, 3.63) is 85.5 Å². The molecule has 7 nitrogen and oxygen atoms in total. The zero-order valence-electron chi connectivity index (χ0n) is 18.2. The molecule has 3 rings (SSSR count). The van der Waals surface area contributed by atoms with Crippen molar-refractivity contribution in [2.75, 3.05) is 23.1 Å². The fourth-order valence-corrected chi connectivity index (χ4v) is 2.81. The van der Waals surface area contributed by atoms with E-state index in [4.69, 9.17) is 10.2 Å². The summed E-state index contributed by atoms with van der Waals surface area (Å²) >= 11 is 3.24. The van der Waals surface area contributed by atoms with Crippen LogP contribution >= 0.6 is 35.9 Å². The molecule has 11 heteroatoms. The molecule has 2 amide bonds. The molecular formula is C22H25ClN3O4S2Zn-. The Hall–Kier alpha value is -2.39. The first-order valence-corrected chi connectivity index (χ1v) is 11.3. The van der Waals surface area contributed by atoms with E-state index < -0.39 is 12.2 Å². The van der Waals surface area contributed by atoms with E-state index in [-0.39, 0.29) is 31.9 Å². The van der Waals surface area contributed by atoms with E-state index in [1.165, 1.54) is 0 Å². The van der Waals surface area contributed by atoms with Crippen molar-refractivity contribution >= 4 is 59.5 Å². The quantitative estimate of drug-likeness (QED) is 0.160. The van der Waals surface area contributed by atoms with Gasteiger partial charge in [0.25, 0.3) is 0 Å². The van der Waals surface area contributed by atoms with Crippen molar-refractivity contribution < 1.29 is 39.3 Å². The summed E-state index contributed by atoms with van der Waals surface area (Å²) < 4.78 is 0. The number of pyridine rings is 1. The van der Waals surface area contributed by atoms with Crippen LogP contribution in [-0.2, 0) is 19.5 Å². The Bertz CT molecular complexity index is 875. The number of carboxylic acid groups (broad SMARTS) is 2. The summed E-state index contributed by atoms with van der Waals surface area (Å²) in [4.78, 5) is 26.5. The van der Waals surface area contributed by atoms with Crippen molar-refractivity contribution in [2.24, 2.45) is 0 Å². The smallest absolute Gasteiger partial charge is 0.409 e. The van der Waals surface area contributed by atoms with Crippen LogP contribution < -0.4 is 10.6 Å².